The number of thiophene rings is 1. The van der Waals surface area contributed by atoms with Crippen LogP contribution in [0.25, 0.3) is 0 Å². The van der Waals surface area contributed by atoms with Crippen LogP contribution in [0.3, 0.4) is 0 Å². The van der Waals surface area contributed by atoms with Crippen LogP contribution < -0.4 is 5.32 Å². The van der Waals surface area contributed by atoms with E-state index in [1.807, 2.05) is 0 Å². The predicted molar refractivity (Wildman–Crippen MR) is 89.7 cm³/mol. The van der Waals surface area contributed by atoms with Crippen molar-refractivity contribution in [3.8, 4) is 0 Å². The molecule has 2 unspecified atom stereocenters. The number of nitrogens with one attached hydrogen (secondary N) is 1. The number of aryl methyl sites for hydroxylation is 1. The summed E-state index contributed by atoms with van der Waals surface area (Å²) in [5.41, 5.74) is 5.59. The molecule has 0 spiro atoms. The second-order valence-electron chi connectivity index (χ2n) is 5.48. The Bertz CT molecular complexity index is 527. The first-order valence-corrected chi connectivity index (χ1v) is 8.47. The minimum absolute atomic E-state index is 0.317. The molecule has 0 aliphatic rings. The smallest absolute Gasteiger partial charge is 0.0587 e. The first kappa shape index (κ1) is 15.3. The Morgan fingerprint density at radius 1 is 1.05 bits per heavy atom. The van der Waals surface area contributed by atoms with Gasteiger partial charge in [0.25, 0.3) is 0 Å². The number of hydrogen-bond donors (Lipinski definition) is 1. The van der Waals surface area contributed by atoms with Crippen molar-refractivity contribution in [1.82, 2.24) is 5.32 Å². The zero-order valence-corrected chi connectivity index (χ0v) is 13.8. The maximum absolute atomic E-state index is 3.61. The van der Waals surface area contributed by atoms with Gasteiger partial charge in [0.2, 0.25) is 0 Å². The second kappa shape index (κ2) is 7.05. The zero-order chi connectivity index (χ0) is 14.5. The van der Waals surface area contributed by atoms with E-state index in [2.05, 4.69) is 68.0 Å². The van der Waals surface area contributed by atoms with Gasteiger partial charge in [-0.2, -0.15) is 11.3 Å². The summed E-state index contributed by atoms with van der Waals surface area (Å²) in [6, 6.07) is 9.46. The summed E-state index contributed by atoms with van der Waals surface area (Å²) in [7, 11) is 0. The van der Waals surface area contributed by atoms with Crippen LogP contribution in [0.2, 0.25) is 0 Å². The Morgan fingerprint density at radius 3 is 2.20 bits per heavy atom. The van der Waals surface area contributed by atoms with Crippen LogP contribution >= 0.6 is 11.3 Å². The minimum Gasteiger partial charge on any atom is -0.306 e. The second-order valence-corrected chi connectivity index (χ2v) is 6.22. The van der Waals surface area contributed by atoms with Gasteiger partial charge in [0, 0.05) is 0 Å². The molecule has 2 heteroatoms. The quantitative estimate of drug-likeness (QED) is 0.763. The summed E-state index contributed by atoms with van der Waals surface area (Å²) in [4.78, 5) is 0. The van der Waals surface area contributed by atoms with Crippen molar-refractivity contribution in [3.63, 3.8) is 0 Å². The van der Waals surface area contributed by atoms with Crippen molar-refractivity contribution < 1.29 is 0 Å². The molecule has 0 aliphatic heterocycles. The van der Waals surface area contributed by atoms with E-state index in [-0.39, 0.29) is 0 Å². The summed E-state index contributed by atoms with van der Waals surface area (Å²) in [6.45, 7) is 9.88. The van der Waals surface area contributed by atoms with E-state index < -0.39 is 0 Å². The van der Waals surface area contributed by atoms with Gasteiger partial charge in [-0.25, -0.2) is 0 Å². The fourth-order valence-corrected chi connectivity index (χ4v) is 3.41. The molecule has 0 radical (unpaired) electrons. The molecule has 1 nitrogen and oxygen atoms in total. The van der Waals surface area contributed by atoms with Gasteiger partial charge in [-0.3, -0.25) is 0 Å². The van der Waals surface area contributed by atoms with Crippen LogP contribution in [0.5, 0.6) is 0 Å². The van der Waals surface area contributed by atoms with Gasteiger partial charge in [0.05, 0.1) is 6.04 Å². The van der Waals surface area contributed by atoms with Crippen molar-refractivity contribution in [2.45, 2.75) is 46.1 Å². The summed E-state index contributed by atoms with van der Waals surface area (Å²) in [6.07, 6.45) is 1.19. The van der Waals surface area contributed by atoms with Crippen molar-refractivity contribution in [1.29, 1.82) is 0 Å². The highest BCUT2D eigenvalue weighted by molar-refractivity contribution is 7.08. The van der Waals surface area contributed by atoms with Gasteiger partial charge in [-0.05, 0) is 58.8 Å². The van der Waals surface area contributed by atoms with E-state index in [0.29, 0.717) is 12.0 Å². The molecule has 2 rings (SSSR count). The van der Waals surface area contributed by atoms with Crippen LogP contribution in [-0.4, -0.2) is 6.54 Å². The largest absolute Gasteiger partial charge is 0.306 e. The first-order valence-electron chi connectivity index (χ1n) is 7.53. The standard InChI is InChI=1S/C18H25NS/c1-5-13(3)15-7-9-16(10-8-15)18(19-6-2)17-12-20-11-14(17)4/h7-13,18-19H,5-6H2,1-4H3. The lowest BCUT2D eigenvalue weighted by atomic mass is 9.93. The molecule has 2 atom stereocenters. The van der Waals surface area contributed by atoms with Crippen molar-refractivity contribution in [2.75, 3.05) is 6.54 Å². The molecule has 2 aromatic rings. The lowest BCUT2D eigenvalue weighted by Crippen LogP contribution is -2.22. The third kappa shape index (κ3) is 3.31. The van der Waals surface area contributed by atoms with Crippen LogP contribution in [-0.2, 0) is 0 Å². The van der Waals surface area contributed by atoms with Crippen LogP contribution in [0.1, 0.15) is 61.4 Å². The molecule has 20 heavy (non-hydrogen) atoms. The van der Waals surface area contributed by atoms with E-state index in [1.165, 1.54) is 28.7 Å². The average molecular weight is 287 g/mol. The summed E-state index contributed by atoms with van der Waals surface area (Å²) in [5, 5.41) is 8.11. The SMILES string of the molecule is CCNC(c1ccc(C(C)CC)cc1)c1cscc1C. The van der Waals surface area contributed by atoms with E-state index in [9.17, 15) is 0 Å². The molecule has 1 aromatic carbocycles. The fourth-order valence-electron chi connectivity index (χ4n) is 2.53. The van der Waals surface area contributed by atoms with Gasteiger partial charge in [-0.1, -0.05) is 45.0 Å². The average Bonchev–Trinajstić information content (AvgIpc) is 2.90. The molecular weight excluding hydrogens is 262 g/mol. The summed E-state index contributed by atoms with van der Waals surface area (Å²) >= 11 is 1.79. The highest BCUT2D eigenvalue weighted by Gasteiger charge is 2.16. The normalized spacial score (nSPS) is 14.2. The molecule has 1 heterocycles. The third-order valence-corrected chi connectivity index (χ3v) is 4.95. The van der Waals surface area contributed by atoms with Gasteiger partial charge in [-0.15, -0.1) is 0 Å². The lowest BCUT2D eigenvalue weighted by molar-refractivity contribution is 0.629. The molecule has 0 fully saturated rings. The minimum atomic E-state index is 0.317. The molecule has 108 valence electrons. The Hall–Kier alpha value is -1.12. The summed E-state index contributed by atoms with van der Waals surface area (Å²) in [5.74, 6) is 0.643. The molecule has 1 N–H and O–H groups in total. The van der Waals surface area contributed by atoms with Gasteiger partial charge in [0.1, 0.15) is 0 Å². The molecule has 1 aromatic heterocycles. The molecule has 0 saturated heterocycles. The van der Waals surface area contributed by atoms with Crippen LogP contribution in [0.4, 0.5) is 0 Å². The van der Waals surface area contributed by atoms with E-state index in [0.717, 1.165) is 6.54 Å². The molecule has 0 saturated carbocycles. The number of rotatable bonds is 6. The topological polar surface area (TPSA) is 12.0 Å². The van der Waals surface area contributed by atoms with Crippen molar-refractivity contribution in [2.24, 2.45) is 0 Å². The predicted octanol–water partition coefficient (Wildman–Crippen LogP) is 5.27. The Labute approximate surface area is 127 Å². The van der Waals surface area contributed by atoms with Crippen LogP contribution in [0, 0.1) is 6.92 Å². The molecule has 0 aliphatic carbocycles. The zero-order valence-electron chi connectivity index (χ0n) is 12.9. The highest BCUT2D eigenvalue weighted by Crippen LogP contribution is 2.29. The number of benzene rings is 1. The number of hydrogen-bond acceptors (Lipinski definition) is 2. The first-order chi connectivity index (χ1) is 9.67. The maximum atomic E-state index is 3.61. The Kier molecular flexibility index (Phi) is 5.38. The summed E-state index contributed by atoms with van der Waals surface area (Å²) < 4.78 is 0. The van der Waals surface area contributed by atoms with Crippen molar-refractivity contribution in [3.05, 3.63) is 57.3 Å². The van der Waals surface area contributed by atoms with Gasteiger partial charge >= 0.3 is 0 Å². The molecule has 0 amide bonds. The van der Waals surface area contributed by atoms with E-state index >= 15 is 0 Å². The van der Waals surface area contributed by atoms with Gasteiger partial charge < -0.3 is 5.32 Å². The highest BCUT2D eigenvalue weighted by atomic mass is 32.1. The molecule has 0 bridgehead atoms. The molecular formula is C18H25NS. The Balaban J connectivity index is 2.28. The Morgan fingerprint density at radius 2 is 1.70 bits per heavy atom. The monoisotopic (exact) mass is 287 g/mol. The van der Waals surface area contributed by atoms with E-state index in [4.69, 9.17) is 0 Å². The van der Waals surface area contributed by atoms with E-state index in [1.54, 1.807) is 11.3 Å². The van der Waals surface area contributed by atoms with Crippen molar-refractivity contribution >= 4 is 11.3 Å². The van der Waals surface area contributed by atoms with Crippen LogP contribution in [0.15, 0.2) is 35.0 Å². The fraction of sp³-hybridized carbons (Fsp3) is 0.444. The maximum Gasteiger partial charge on any atom is 0.0587 e. The van der Waals surface area contributed by atoms with Gasteiger partial charge in [0.15, 0.2) is 0 Å². The lowest BCUT2D eigenvalue weighted by Gasteiger charge is -2.20. The third-order valence-electron chi connectivity index (χ3n) is 4.07.